The van der Waals surface area contributed by atoms with E-state index < -0.39 is 0 Å². The summed E-state index contributed by atoms with van der Waals surface area (Å²) >= 11 is 0. The van der Waals surface area contributed by atoms with Crippen LogP contribution < -0.4 is 10.2 Å². The molecule has 0 aromatic carbocycles. The number of anilines is 1. The van der Waals surface area contributed by atoms with Crippen molar-refractivity contribution in [2.24, 2.45) is 0 Å². The van der Waals surface area contributed by atoms with E-state index in [1.54, 1.807) is 6.20 Å². The number of carbonyl (C=O) groups is 2. The van der Waals surface area contributed by atoms with Gasteiger partial charge >= 0.3 is 0 Å². The molecule has 0 unspecified atom stereocenters. The molecule has 1 aromatic rings. The minimum Gasteiger partial charge on any atom is -0.355 e. The molecule has 2 rings (SSSR count). The Morgan fingerprint density at radius 1 is 1.17 bits per heavy atom. The molecule has 1 aliphatic rings. The molecule has 24 heavy (non-hydrogen) atoms. The first-order chi connectivity index (χ1) is 11.6. The van der Waals surface area contributed by atoms with Crippen molar-refractivity contribution in [1.82, 2.24) is 20.1 Å². The molecule has 0 radical (unpaired) electrons. The molecule has 2 amide bonds. The second-order valence-corrected chi connectivity index (χ2v) is 5.81. The van der Waals surface area contributed by atoms with Gasteiger partial charge in [-0.3, -0.25) is 14.5 Å². The van der Waals surface area contributed by atoms with E-state index in [9.17, 15) is 9.59 Å². The zero-order valence-corrected chi connectivity index (χ0v) is 14.6. The summed E-state index contributed by atoms with van der Waals surface area (Å²) in [7, 11) is 0. The van der Waals surface area contributed by atoms with Gasteiger partial charge in [0.2, 0.25) is 11.8 Å². The monoisotopic (exact) mass is 333 g/mol. The average Bonchev–Trinajstić information content (AvgIpc) is 2.62. The number of hydrogen-bond acceptors (Lipinski definition) is 5. The van der Waals surface area contributed by atoms with Crippen LogP contribution in [-0.2, 0) is 9.59 Å². The Morgan fingerprint density at radius 3 is 2.50 bits per heavy atom. The van der Waals surface area contributed by atoms with Gasteiger partial charge in [0.15, 0.2) is 0 Å². The Morgan fingerprint density at radius 2 is 1.92 bits per heavy atom. The van der Waals surface area contributed by atoms with E-state index in [0.29, 0.717) is 26.2 Å². The number of likely N-dealkylation sites (N-methyl/N-ethyl adjacent to an activating group) is 2. The van der Waals surface area contributed by atoms with Gasteiger partial charge in [-0.1, -0.05) is 13.0 Å². The summed E-state index contributed by atoms with van der Waals surface area (Å²) < 4.78 is 0. The number of piperazine rings is 1. The number of pyridine rings is 1. The zero-order valence-electron chi connectivity index (χ0n) is 14.6. The third-order valence-electron chi connectivity index (χ3n) is 4.15. The maximum absolute atomic E-state index is 12.5. The average molecular weight is 333 g/mol. The standard InChI is InChI=1S/C17H27N5O2/c1-3-18-16(23)13-20(4-2)14-17(24)22-11-9-21(10-12-22)15-7-5-6-8-19-15/h5-8H,3-4,9-14H2,1-2H3,(H,18,23). The highest BCUT2D eigenvalue weighted by Gasteiger charge is 2.23. The van der Waals surface area contributed by atoms with Crippen LogP contribution in [0.2, 0.25) is 0 Å². The van der Waals surface area contributed by atoms with Crippen molar-refractivity contribution in [2.75, 3.05) is 57.3 Å². The fourth-order valence-electron chi connectivity index (χ4n) is 2.75. The maximum atomic E-state index is 12.5. The molecule has 2 heterocycles. The molecule has 1 aromatic heterocycles. The number of nitrogens with zero attached hydrogens (tertiary/aromatic N) is 4. The fourth-order valence-corrected chi connectivity index (χ4v) is 2.75. The van der Waals surface area contributed by atoms with Gasteiger partial charge in [0.1, 0.15) is 5.82 Å². The molecule has 1 aliphatic heterocycles. The quantitative estimate of drug-likeness (QED) is 0.771. The van der Waals surface area contributed by atoms with Crippen LogP contribution in [0.4, 0.5) is 5.82 Å². The predicted molar refractivity (Wildman–Crippen MR) is 93.8 cm³/mol. The Hall–Kier alpha value is -2.15. The van der Waals surface area contributed by atoms with E-state index in [1.807, 2.05) is 41.8 Å². The van der Waals surface area contributed by atoms with Crippen molar-refractivity contribution >= 4 is 17.6 Å². The second-order valence-electron chi connectivity index (χ2n) is 5.81. The molecule has 0 spiro atoms. The zero-order chi connectivity index (χ0) is 17.4. The summed E-state index contributed by atoms with van der Waals surface area (Å²) in [6, 6.07) is 5.86. The number of amides is 2. The van der Waals surface area contributed by atoms with Gasteiger partial charge < -0.3 is 15.1 Å². The fraction of sp³-hybridized carbons (Fsp3) is 0.588. The molecule has 0 bridgehead atoms. The summed E-state index contributed by atoms with van der Waals surface area (Å²) in [4.78, 5) is 34.4. The molecule has 1 saturated heterocycles. The highest BCUT2D eigenvalue weighted by molar-refractivity contribution is 5.81. The summed E-state index contributed by atoms with van der Waals surface area (Å²) in [6.45, 7) is 8.64. The van der Waals surface area contributed by atoms with E-state index in [1.165, 1.54) is 0 Å². The minimum atomic E-state index is -0.0351. The van der Waals surface area contributed by atoms with E-state index in [-0.39, 0.29) is 24.9 Å². The van der Waals surface area contributed by atoms with Gasteiger partial charge in [-0.15, -0.1) is 0 Å². The molecular formula is C17H27N5O2. The molecule has 1 N–H and O–H groups in total. The van der Waals surface area contributed by atoms with E-state index in [0.717, 1.165) is 18.9 Å². The Balaban J connectivity index is 1.80. The molecule has 7 heteroatoms. The van der Waals surface area contributed by atoms with Crippen LogP contribution >= 0.6 is 0 Å². The number of rotatable bonds is 7. The number of hydrogen-bond donors (Lipinski definition) is 1. The first-order valence-electron chi connectivity index (χ1n) is 8.56. The molecular weight excluding hydrogens is 306 g/mol. The van der Waals surface area contributed by atoms with Crippen molar-refractivity contribution < 1.29 is 9.59 Å². The first-order valence-corrected chi connectivity index (χ1v) is 8.56. The summed E-state index contributed by atoms with van der Waals surface area (Å²) in [5.74, 6) is 1.00. The van der Waals surface area contributed by atoms with E-state index in [2.05, 4.69) is 15.2 Å². The van der Waals surface area contributed by atoms with Gasteiger partial charge in [0, 0.05) is 38.9 Å². The number of carbonyl (C=O) groups excluding carboxylic acids is 2. The van der Waals surface area contributed by atoms with Gasteiger partial charge in [0.25, 0.3) is 0 Å². The first kappa shape index (κ1) is 18.2. The molecule has 0 aliphatic carbocycles. The van der Waals surface area contributed by atoms with Gasteiger partial charge in [0.05, 0.1) is 13.1 Å². The van der Waals surface area contributed by atoms with Crippen molar-refractivity contribution in [3.8, 4) is 0 Å². The summed E-state index contributed by atoms with van der Waals surface area (Å²) in [6.07, 6.45) is 1.79. The van der Waals surface area contributed by atoms with Crippen LogP contribution in [0.1, 0.15) is 13.8 Å². The predicted octanol–water partition coefficient (Wildman–Crippen LogP) is 0.188. The lowest BCUT2D eigenvalue weighted by molar-refractivity contribution is -0.133. The lowest BCUT2D eigenvalue weighted by Crippen LogP contribution is -2.52. The van der Waals surface area contributed by atoms with Crippen LogP contribution in [0.15, 0.2) is 24.4 Å². The Kier molecular flexibility index (Phi) is 6.99. The van der Waals surface area contributed by atoms with Crippen LogP contribution in [0.25, 0.3) is 0 Å². The SMILES string of the molecule is CCNC(=O)CN(CC)CC(=O)N1CCN(c2ccccn2)CC1. The van der Waals surface area contributed by atoms with Crippen LogP contribution in [-0.4, -0.2) is 79.0 Å². The minimum absolute atomic E-state index is 0.0351. The highest BCUT2D eigenvalue weighted by Crippen LogP contribution is 2.12. The van der Waals surface area contributed by atoms with Crippen molar-refractivity contribution in [2.45, 2.75) is 13.8 Å². The van der Waals surface area contributed by atoms with Crippen LogP contribution in [0.5, 0.6) is 0 Å². The van der Waals surface area contributed by atoms with Gasteiger partial charge in [-0.05, 0) is 25.6 Å². The van der Waals surface area contributed by atoms with Crippen molar-refractivity contribution in [3.63, 3.8) is 0 Å². The molecule has 0 atom stereocenters. The van der Waals surface area contributed by atoms with Crippen LogP contribution in [0.3, 0.4) is 0 Å². The molecule has 7 nitrogen and oxygen atoms in total. The maximum Gasteiger partial charge on any atom is 0.236 e. The molecule has 0 saturated carbocycles. The lowest BCUT2D eigenvalue weighted by atomic mass is 10.3. The molecule has 132 valence electrons. The number of nitrogens with one attached hydrogen (secondary N) is 1. The normalized spacial score (nSPS) is 14.8. The smallest absolute Gasteiger partial charge is 0.236 e. The lowest BCUT2D eigenvalue weighted by Gasteiger charge is -2.36. The second kappa shape index (κ2) is 9.22. The Bertz CT molecular complexity index is 529. The highest BCUT2D eigenvalue weighted by atomic mass is 16.2. The van der Waals surface area contributed by atoms with Crippen molar-refractivity contribution in [1.29, 1.82) is 0 Å². The number of aromatic nitrogens is 1. The van der Waals surface area contributed by atoms with Crippen molar-refractivity contribution in [3.05, 3.63) is 24.4 Å². The van der Waals surface area contributed by atoms with E-state index >= 15 is 0 Å². The van der Waals surface area contributed by atoms with Gasteiger partial charge in [-0.2, -0.15) is 0 Å². The van der Waals surface area contributed by atoms with Gasteiger partial charge in [-0.25, -0.2) is 4.98 Å². The molecule has 1 fully saturated rings. The summed E-state index contributed by atoms with van der Waals surface area (Å²) in [5.41, 5.74) is 0. The summed E-state index contributed by atoms with van der Waals surface area (Å²) in [5, 5.41) is 2.77. The van der Waals surface area contributed by atoms with Crippen LogP contribution in [0, 0.1) is 0 Å². The third kappa shape index (κ3) is 5.19. The van der Waals surface area contributed by atoms with E-state index in [4.69, 9.17) is 0 Å². The largest absolute Gasteiger partial charge is 0.355 e. The Labute approximate surface area is 143 Å². The topological polar surface area (TPSA) is 68.8 Å². The third-order valence-corrected chi connectivity index (χ3v) is 4.15.